The third-order valence-electron chi connectivity index (χ3n) is 5.55. The number of rotatable bonds is 6. The Morgan fingerprint density at radius 1 is 1.16 bits per heavy atom. The van der Waals surface area contributed by atoms with Crippen molar-refractivity contribution in [3.05, 3.63) is 71.2 Å². The topological polar surface area (TPSA) is 54.3 Å². The van der Waals surface area contributed by atoms with Crippen LogP contribution in [0, 0.1) is 0 Å². The van der Waals surface area contributed by atoms with Gasteiger partial charge in [0.1, 0.15) is 11.7 Å². The van der Waals surface area contributed by atoms with Crippen molar-refractivity contribution in [1.82, 2.24) is 19.7 Å². The molecule has 4 aromatic rings. The van der Waals surface area contributed by atoms with E-state index in [2.05, 4.69) is 21.3 Å². The van der Waals surface area contributed by atoms with E-state index in [1.165, 1.54) is 0 Å². The number of carbonyl (C=O) groups excluding carboxylic acids is 1. The fraction of sp³-hybridized carbons (Fsp3) is 0.261. The third-order valence-corrected chi connectivity index (χ3v) is 7.24. The summed E-state index contributed by atoms with van der Waals surface area (Å²) in [7, 11) is 1.89. The van der Waals surface area contributed by atoms with E-state index >= 15 is 0 Å². The lowest BCUT2D eigenvalue weighted by Crippen LogP contribution is -2.44. The summed E-state index contributed by atoms with van der Waals surface area (Å²) in [6.07, 6.45) is 5.72. The Labute approximate surface area is 189 Å². The summed E-state index contributed by atoms with van der Waals surface area (Å²) < 4.78 is 1.90. The predicted octanol–water partition coefficient (Wildman–Crippen LogP) is 4.68. The third kappa shape index (κ3) is 4.00. The SMILES string of the molecule is CN(Cc1cn(-c2ccccc2)nc1-c1cccs1)C(=O)C1CCCN1c1nccs1. The van der Waals surface area contributed by atoms with E-state index < -0.39 is 0 Å². The van der Waals surface area contributed by atoms with Gasteiger partial charge in [-0.1, -0.05) is 24.3 Å². The van der Waals surface area contributed by atoms with Crippen LogP contribution in [0.4, 0.5) is 5.13 Å². The molecule has 1 aliphatic heterocycles. The molecule has 0 bridgehead atoms. The van der Waals surface area contributed by atoms with Crippen LogP contribution < -0.4 is 4.90 Å². The maximum atomic E-state index is 13.4. The van der Waals surface area contributed by atoms with Crippen LogP contribution in [0.1, 0.15) is 18.4 Å². The highest BCUT2D eigenvalue weighted by molar-refractivity contribution is 7.13. The molecule has 0 aliphatic carbocycles. The van der Waals surface area contributed by atoms with Crippen molar-refractivity contribution >= 4 is 33.7 Å². The number of benzene rings is 1. The van der Waals surface area contributed by atoms with Crippen molar-refractivity contribution in [2.45, 2.75) is 25.4 Å². The summed E-state index contributed by atoms with van der Waals surface area (Å²) in [6, 6.07) is 14.0. The average Bonchev–Trinajstić information content (AvgIpc) is 3.60. The fourth-order valence-electron chi connectivity index (χ4n) is 4.06. The lowest BCUT2D eigenvalue weighted by Gasteiger charge is -2.27. The van der Waals surface area contributed by atoms with E-state index in [9.17, 15) is 4.79 Å². The molecular weight excluding hydrogens is 426 g/mol. The van der Waals surface area contributed by atoms with Crippen LogP contribution in [0.5, 0.6) is 0 Å². The molecule has 31 heavy (non-hydrogen) atoms. The zero-order chi connectivity index (χ0) is 21.2. The number of likely N-dealkylation sites (N-methyl/N-ethyl adjacent to an activating group) is 1. The van der Waals surface area contributed by atoms with Gasteiger partial charge in [-0.15, -0.1) is 22.7 Å². The van der Waals surface area contributed by atoms with E-state index in [0.717, 1.165) is 46.3 Å². The molecule has 6 nitrogen and oxygen atoms in total. The van der Waals surface area contributed by atoms with Gasteiger partial charge in [0.2, 0.25) is 5.91 Å². The summed E-state index contributed by atoms with van der Waals surface area (Å²) in [5.41, 5.74) is 2.98. The predicted molar refractivity (Wildman–Crippen MR) is 126 cm³/mol. The molecule has 1 aliphatic rings. The maximum Gasteiger partial charge on any atom is 0.245 e. The van der Waals surface area contributed by atoms with Gasteiger partial charge in [-0.05, 0) is 36.4 Å². The number of aromatic nitrogens is 3. The highest BCUT2D eigenvalue weighted by Gasteiger charge is 2.34. The molecule has 0 spiro atoms. The number of thiophene rings is 1. The second kappa shape index (κ2) is 8.64. The van der Waals surface area contributed by atoms with Gasteiger partial charge in [0.25, 0.3) is 0 Å². The van der Waals surface area contributed by atoms with Gasteiger partial charge >= 0.3 is 0 Å². The molecule has 1 aromatic carbocycles. The van der Waals surface area contributed by atoms with Crippen LogP contribution >= 0.6 is 22.7 Å². The van der Waals surface area contributed by atoms with Crippen molar-refractivity contribution < 1.29 is 4.79 Å². The van der Waals surface area contributed by atoms with Gasteiger partial charge in [-0.3, -0.25) is 4.79 Å². The average molecular weight is 450 g/mol. The molecule has 0 radical (unpaired) electrons. The highest BCUT2D eigenvalue weighted by atomic mass is 32.1. The smallest absolute Gasteiger partial charge is 0.245 e. The zero-order valence-electron chi connectivity index (χ0n) is 17.2. The van der Waals surface area contributed by atoms with Crippen LogP contribution in [0.15, 0.2) is 65.6 Å². The largest absolute Gasteiger partial charge is 0.339 e. The van der Waals surface area contributed by atoms with Gasteiger partial charge in [0.15, 0.2) is 5.13 Å². The molecule has 8 heteroatoms. The molecule has 1 unspecified atom stereocenters. The number of nitrogens with zero attached hydrogens (tertiary/aromatic N) is 5. The Balaban J connectivity index is 1.41. The first-order valence-corrected chi connectivity index (χ1v) is 12.1. The number of carbonyl (C=O) groups is 1. The fourth-order valence-corrected chi connectivity index (χ4v) is 5.52. The lowest BCUT2D eigenvalue weighted by atomic mass is 10.1. The quantitative estimate of drug-likeness (QED) is 0.429. The summed E-state index contributed by atoms with van der Waals surface area (Å²) in [4.78, 5) is 22.9. The lowest BCUT2D eigenvalue weighted by molar-refractivity contribution is -0.131. The Bertz CT molecular complexity index is 1140. The number of hydrogen-bond acceptors (Lipinski definition) is 6. The molecule has 1 amide bonds. The normalized spacial score (nSPS) is 16.0. The first-order valence-electron chi connectivity index (χ1n) is 10.3. The standard InChI is InChI=1S/C23H23N5OS2/c1-26(22(29)19-9-5-12-27(19)23-24-11-14-31-23)15-17-16-28(18-7-3-2-4-8-18)25-21(17)20-10-6-13-30-20/h2-4,6-8,10-11,13-14,16,19H,5,9,12,15H2,1H3. The Morgan fingerprint density at radius 2 is 2.03 bits per heavy atom. The van der Waals surface area contributed by atoms with E-state index in [1.807, 2.05) is 64.6 Å². The number of para-hydroxylation sites is 1. The van der Waals surface area contributed by atoms with Crippen LogP contribution in [0.3, 0.4) is 0 Å². The number of amides is 1. The van der Waals surface area contributed by atoms with Crippen molar-refractivity contribution in [1.29, 1.82) is 0 Å². The maximum absolute atomic E-state index is 13.4. The van der Waals surface area contributed by atoms with E-state index in [-0.39, 0.29) is 11.9 Å². The molecule has 3 aromatic heterocycles. The number of thiazole rings is 1. The minimum absolute atomic E-state index is 0.136. The van der Waals surface area contributed by atoms with Crippen molar-refractivity contribution in [2.24, 2.45) is 0 Å². The molecule has 158 valence electrons. The van der Waals surface area contributed by atoms with Crippen LogP contribution in [-0.4, -0.2) is 45.2 Å². The zero-order valence-corrected chi connectivity index (χ0v) is 18.9. The Morgan fingerprint density at radius 3 is 2.77 bits per heavy atom. The Kier molecular flexibility index (Phi) is 5.57. The summed E-state index contributed by atoms with van der Waals surface area (Å²) in [6.45, 7) is 1.39. The molecular formula is C23H23N5OS2. The molecule has 5 rings (SSSR count). The van der Waals surface area contributed by atoms with Crippen molar-refractivity contribution in [2.75, 3.05) is 18.5 Å². The highest BCUT2D eigenvalue weighted by Crippen LogP contribution is 2.31. The van der Waals surface area contributed by atoms with E-state index in [0.29, 0.717) is 6.54 Å². The molecule has 1 saturated heterocycles. The van der Waals surface area contributed by atoms with Crippen molar-refractivity contribution in [3.63, 3.8) is 0 Å². The van der Waals surface area contributed by atoms with E-state index in [4.69, 9.17) is 5.10 Å². The monoisotopic (exact) mass is 449 g/mol. The Hall–Kier alpha value is -2.97. The summed E-state index contributed by atoms with van der Waals surface area (Å²) in [5, 5.41) is 9.81. The minimum atomic E-state index is -0.148. The molecule has 4 heterocycles. The summed E-state index contributed by atoms with van der Waals surface area (Å²) >= 11 is 3.25. The summed E-state index contributed by atoms with van der Waals surface area (Å²) in [5.74, 6) is 0.136. The number of anilines is 1. The van der Waals surface area contributed by atoms with E-state index in [1.54, 1.807) is 28.9 Å². The first-order chi connectivity index (χ1) is 15.2. The minimum Gasteiger partial charge on any atom is -0.339 e. The van der Waals surface area contributed by atoms with Crippen LogP contribution in [0.2, 0.25) is 0 Å². The van der Waals surface area contributed by atoms with Crippen molar-refractivity contribution in [3.8, 4) is 16.3 Å². The number of hydrogen-bond donors (Lipinski definition) is 0. The van der Waals surface area contributed by atoms with Crippen LogP contribution in [-0.2, 0) is 11.3 Å². The van der Waals surface area contributed by atoms with Gasteiger partial charge in [0.05, 0.1) is 10.6 Å². The van der Waals surface area contributed by atoms with Gasteiger partial charge < -0.3 is 9.80 Å². The first kappa shape index (κ1) is 20.0. The molecule has 0 saturated carbocycles. The second-order valence-corrected chi connectivity index (χ2v) is 9.44. The van der Waals surface area contributed by atoms with Gasteiger partial charge in [0, 0.05) is 43.5 Å². The second-order valence-electron chi connectivity index (χ2n) is 7.62. The molecule has 1 fully saturated rings. The molecule has 1 atom stereocenters. The van der Waals surface area contributed by atoms with Gasteiger partial charge in [-0.2, -0.15) is 5.10 Å². The molecule has 0 N–H and O–H groups in total. The van der Waals surface area contributed by atoms with Gasteiger partial charge in [-0.25, -0.2) is 9.67 Å². The van der Waals surface area contributed by atoms with Crippen LogP contribution in [0.25, 0.3) is 16.3 Å².